The van der Waals surface area contributed by atoms with E-state index in [2.05, 4.69) is 23.2 Å². The van der Waals surface area contributed by atoms with Crippen LogP contribution in [-0.2, 0) is 19.7 Å². The van der Waals surface area contributed by atoms with E-state index in [-0.39, 0.29) is 41.3 Å². The smallest absolute Gasteiger partial charge is 0.309 e. The number of halogens is 2. The third kappa shape index (κ3) is 6.71. The van der Waals surface area contributed by atoms with E-state index in [0.29, 0.717) is 13.2 Å². The zero-order valence-electron chi connectivity index (χ0n) is 18.6. The van der Waals surface area contributed by atoms with E-state index >= 15 is 0 Å². The van der Waals surface area contributed by atoms with Gasteiger partial charge in [0.05, 0.1) is 19.1 Å². The van der Waals surface area contributed by atoms with Crippen molar-refractivity contribution in [2.45, 2.75) is 44.9 Å². The molecule has 2 saturated heterocycles. The Kier molecular flexibility index (Phi) is 10.9. The average molecular weight is 564 g/mol. The van der Waals surface area contributed by atoms with Gasteiger partial charge in [-0.1, -0.05) is 29.8 Å². The first-order valence-corrected chi connectivity index (χ1v) is 11.5. The number of esters is 1. The largest absolute Gasteiger partial charge is 0.466 e. The lowest BCUT2D eigenvalue weighted by molar-refractivity contribution is -0.149. The molecular formula is C23H35ClIN3O3. The molecule has 1 aromatic rings. The number of ether oxygens (including phenoxy) is 2. The highest BCUT2D eigenvalue weighted by atomic mass is 127. The number of likely N-dealkylation sites (tertiary alicyclic amines) is 1. The molecule has 1 N–H and O–H groups in total. The van der Waals surface area contributed by atoms with E-state index in [4.69, 9.17) is 26.1 Å². The Labute approximate surface area is 208 Å². The number of aliphatic imine (C=N–C) groups is 1. The van der Waals surface area contributed by atoms with Gasteiger partial charge in [-0.15, -0.1) is 24.0 Å². The summed E-state index contributed by atoms with van der Waals surface area (Å²) in [6, 6.07) is 8.11. The summed E-state index contributed by atoms with van der Waals surface area (Å²) < 4.78 is 10.8. The first-order chi connectivity index (χ1) is 14.6. The quantitative estimate of drug-likeness (QED) is 0.243. The van der Waals surface area contributed by atoms with Gasteiger partial charge in [-0.3, -0.25) is 9.79 Å². The normalized spacial score (nSPS) is 19.5. The second kappa shape index (κ2) is 12.8. The van der Waals surface area contributed by atoms with Gasteiger partial charge >= 0.3 is 5.97 Å². The molecule has 8 heteroatoms. The minimum Gasteiger partial charge on any atom is -0.466 e. The van der Waals surface area contributed by atoms with Crippen LogP contribution in [0.25, 0.3) is 0 Å². The highest BCUT2D eigenvalue weighted by Crippen LogP contribution is 2.39. The Morgan fingerprint density at radius 3 is 2.55 bits per heavy atom. The maximum atomic E-state index is 12.1. The number of rotatable bonds is 6. The maximum Gasteiger partial charge on any atom is 0.309 e. The van der Waals surface area contributed by atoms with Gasteiger partial charge < -0.3 is 19.7 Å². The molecule has 2 fully saturated rings. The van der Waals surface area contributed by atoms with Crippen LogP contribution in [0.3, 0.4) is 0 Å². The van der Waals surface area contributed by atoms with Crippen LogP contribution in [0, 0.1) is 5.92 Å². The summed E-state index contributed by atoms with van der Waals surface area (Å²) in [6.45, 7) is 8.91. The van der Waals surface area contributed by atoms with Gasteiger partial charge in [-0.25, -0.2) is 0 Å². The van der Waals surface area contributed by atoms with Crippen molar-refractivity contribution < 1.29 is 14.3 Å². The van der Waals surface area contributed by atoms with Crippen molar-refractivity contribution in [1.82, 2.24) is 10.2 Å². The summed E-state index contributed by atoms with van der Waals surface area (Å²) in [5, 5.41) is 4.24. The molecule has 1 aromatic carbocycles. The molecule has 0 saturated carbocycles. The average Bonchev–Trinajstić information content (AvgIpc) is 2.78. The number of carbonyl (C=O) groups excluding carboxylic acids is 1. The van der Waals surface area contributed by atoms with Gasteiger partial charge in [0.25, 0.3) is 0 Å². The van der Waals surface area contributed by atoms with E-state index in [1.54, 1.807) is 0 Å². The highest BCUT2D eigenvalue weighted by molar-refractivity contribution is 14.0. The van der Waals surface area contributed by atoms with Crippen molar-refractivity contribution >= 4 is 47.5 Å². The minimum absolute atomic E-state index is 0. The lowest BCUT2D eigenvalue weighted by atomic mass is 9.74. The van der Waals surface area contributed by atoms with Gasteiger partial charge in [0, 0.05) is 43.3 Å². The summed E-state index contributed by atoms with van der Waals surface area (Å²) in [5.41, 5.74) is 1.05. The molecular weight excluding hydrogens is 529 g/mol. The van der Waals surface area contributed by atoms with Crippen molar-refractivity contribution in [3.05, 3.63) is 34.9 Å². The van der Waals surface area contributed by atoms with Gasteiger partial charge in [0.1, 0.15) is 0 Å². The van der Waals surface area contributed by atoms with E-state index < -0.39 is 0 Å². The Morgan fingerprint density at radius 2 is 1.94 bits per heavy atom. The van der Waals surface area contributed by atoms with E-state index in [1.165, 1.54) is 0 Å². The second-order valence-corrected chi connectivity index (χ2v) is 8.46. The fourth-order valence-corrected chi connectivity index (χ4v) is 4.74. The summed E-state index contributed by atoms with van der Waals surface area (Å²) in [4.78, 5) is 19.4. The van der Waals surface area contributed by atoms with Crippen LogP contribution in [0.2, 0.25) is 5.02 Å². The number of nitrogens with one attached hydrogen (secondary N) is 1. The van der Waals surface area contributed by atoms with Crippen LogP contribution in [-0.4, -0.2) is 62.8 Å². The number of piperidine rings is 1. The van der Waals surface area contributed by atoms with Gasteiger partial charge in [0.15, 0.2) is 5.96 Å². The van der Waals surface area contributed by atoms with Crippen LogP contribution < -0.4 is 5.32 Å². The van der Waals surface area contributed by atoms with E-state index in [0.717, 1.165) is 75.1 Å². The highest BCUT2D eigenvalue weighted by Gasteiger charge is 2.36. The van der Waals surface area contributed by atoms with Crippen LogP contribution >= 0.6 is 35.6 Å². The molecule has 0 atom stereocenters. The van der Waals surface area contributed by atoms with Crippen LogP contribution in [0.4, 0.5) is 0 Å². The van der Waals surface area contributed by atoms with Crippen LogP contribution in [0.1, 0.15) is 45.1 Å². The molecule has 2 aliphatic rings. The zero-order valence-corrected chi connectivity index (χ0v) is 21.7. The first-order valence-electron chi connectivity index (χ1n) is 11.1. The van der Waals surface area contributed by atoms with Crippen molar-refractivity contribution in [2.24, 2.45) is 10.9 Å². The molecule has 31 heavy (non-hydrogen) atoms. The second-order valence-electron chi connectivity index (χ2n) is 8.06. The molecule has 2 aliphatic heterocycles. The van der Waals surface area contributed by atoms with Crippen molar-refractivity contribution in [2.75, 3.05) is 46.0 Å². The molecule has 0 aliphatic carbocycles. The predicted octanol–water partition coefficient (Wildman–Crippen LogP) is 4.25. The van der Waals surface area contributed by atoms with Gasteiger partial charge in [0.2, 0.25) is 0 Å². The van der Waals surface area contributed by atoms with Gasteiger partial charge in [-0.05, 0) is 51.2 Å². The Hall–Kier alpha value is -1.06. The standard InChI is InChI=1S/C23H34ClN3O3.HI/c1-3-25-22(27-13-9-18(10-14-27)21(28)30-4-2)26-17-23(11-15-29-16-12-23)19-7-5-6-8-20(19)24;/h5-8,18H,3-4,9-17H2,1-2H3,(H,25,26);1H. The van der Waals surface area contributed by atoms with Crippen LogP contribution in [0.5, 0.6) is 0 Å². The molecule has 0 spiro atoms. The minimum atomic E-state index is -0.111. The maximum absolute atomic E-state index is 12.1. The summed E-state index contributed by atoms with van der Waals surface area (Å²) in [5.74, 6) is 0.839. The van der Waals surface area contributed by atoms with Crippen molar-refractivity contribution in [3.63, 3.8) is 0 Å². The fourth-order valence-electron chi connectivity index (χ4n) is 4.41. The number of carbonyl (C=O) groups is 1. The lowest BCUT2D eigenvalue weighted by Crippen LogP contribution is -2.47. The first kappa shape index (κ1) is 26.2. The zero-order chi connectivity index (χ0) is 21.4. The number of hydrogen-bond acceptors (Lipinski definition) is 4. The number of benzene rings is 1. The van der Waals surface area contributed by atoms with E-state index in [9.17, 15) is 4.79 Å². The molecule has 0 bridgehead atoms. The SMILES string of the molecule is CCNC(=NCC1(c2ccccc2Cl)CCOCC1)N1CCC(C(=O)OCC)CC1.I. The number of hydrogen-bond donors (Lipinski definition) is 1. The lowest BCUT2D eigenvalue weighted by Gasteiger charge is -2.38. The molecule has 0 amide bonds. The third-order valence-electron chi connectivity index (χ3n) is 6.18. The molecule has 0 unspecified atom stereocenters. The molecule has 2 heterocycles. The molecule has 0 radical (unpaired) electrons. The molecule has 6 nitrogen and oxygen atoms in total. The summed E-state index contributed by atoms with van der Waals surface area (Å²) >= 11 is 6.58. The summed E-state index contributed by atoms with van der Waals surface area (Å²) in [6.07, 6.45) is 3.41. The Balaban J connectivity index is 0.00000341. The molecule has 174 valence electrons. The van der Waals surface area contributed by atoms with Crippen molar-refractivity contribution in [1.29, 1.82) is 0 Å². The number of guanidine groups is 1. The topological polar surface area (TPSA) is 63.2 Å². The third-order valence-corrected chi connectivity index (χ3v) is 6.51. The molecule has 3 rings (SSSR count). The fraction of sp³-hybridized carbons (Fsp3) is 0.652. The predicted molar refractivity (Wildman–Crippen MR) is 136 cm³/mol. The number of nitrogens with zero attached hydrogens (tertiary/aromatic N) is 2. The van der Waals surface area contributed by atoms with E-state index in [1.807, 2.05) is 25.1 Å². The van der Waals surface area contributed by atoms with Gasteiger partial charge in [-0.2, -0.15) is 0 Å². The summed E-state index contributed by atoms with van der Waals surface area (Å²) in [7, 11) is 0. The Morgan fingerprint density at radius 1 is 1.26 bits per heavy atom. The van der Waals surface area contributed by atoms with Crippen molar-refractivity contribution in [3.8, 4) is 0 Å². The molecule has 0 aromatic heterocycles. The van der Waals surface area contributed by atoms with Crippen LogP contribution in [0.15, 0.2) is 29.3 Å². The monoisotopic (exact) mass is 563 g/mol. The Bertz CT molecular complexity index is 733.